The smallest absolute Gasteiger partial charge is 0.126 e. The minimum Gasteiger partial charge on any atom is -0.497 e. The molecule has 0 fully saturated rings. The van der Waals surface area contributed by atoms with E-state index in [1.807, 2.05) is 18.2 Å². The van der Waals surface area contributed by atoms with E-state index >= 15 is 0 Å². The summed E-state index contributed by atoms with van der Waals surface area (Å²) in [5.74, 6) is 2.76. The molecule has 29 heavy (non-hydrogen) atoms. The molecule has 1 atom stereocenters. The van der Waals surface area contributed by atoms with Gasteiger partial charge < -0.3 is 19.5 Å². The Kier molecular flexibility index (Phi) is 5.72. The van der Waals surface area contributed by atoms with Crippen LogP contribution in [0.5, 0.6) is 17.2 Å². The average Bonchev–Trinajstić information content (AvgIpc) is 3.25. The van der Waals surface area contributed by atoms with Gasteiger partial charge in [0.25, 0.3) is 0 Å². The second kappa shape index (κ2) is 8.58. The summed E-state index contributed by atoms with van der Waals surface area (Å²) >= 11 is 0. The van der Waals surface area contributed by atoms with Crippen LogP contribution in [0, 0.1) is 0 Å². The predicted molar refractivity (Wildman–Crippen MR) is 116 cm³/mol. The maximum absolute atomic E-state index is 5.64. The Morgan fingerprint density at radius 3 is 2.72 bits per heavy atom. The van der Waals surface area contributed by atoms with E-state index in [0.29, 0.717) is 0 Å². The van der Waals surface area contributed by atoms with Crippen molar-refractivity contribution >= 4 is 0 Å². The van der Waals surface area contributed by atoms with E-state index in [2.05, 4.69) is 54.7 Å². The zero-order valence-corrected chi connectivity index (χ0v) is 17.2. The number of ether oxygens (including phenoxy) is 3. The van der Waals surface area contributed by atoms with Crippen molar-refractivity contribution in [2.24, 2.45) is 0 Å². The van der Waals surface area contributed by atoms with Gasteiger partial charge in [-0.3, -0.25) is 0 Å². The molecular weight excluding hydrogens is 362 g/mol. The largest absolute Gasteiger partial charge is 0.497 e. The summed E-state index contributed by atoms with van der Waals surface area (Å²) < 4.78 is 16.6. The third kappa shape index (κ3) is 4.22. The number of hydrogen-bond donors (Lipinski definition) is 1. The van der Waals surface area contributed by atoms with E-state index in [9.17, 15) is 0 Å². The molecule has 0 saturated heterocycles. The maximum atomic E-state index is 5.64. The van der Waals surface area contributed by atoms with Crippen LogP contribution >= 0.6 is 0 Å². The van der Waals surface area contributed by atoms with Crippen LogP contribution in [-0.4, -0.2) is 20.8 Å². The van der Waals surface area contributed by atoms with Crippen LogP contribution in [0.4, 0.5) is 0 Å². The summed E-state index contributed by atoms with van der Waals surface area (Å²) in [7, 11) is 3.42. The predicted octanol–water partition coefficient (Wildman–Crippen LogP) is 5.16. The summed E-state index contributed by atoms with van der Waals surface area (Å²) in [6, 6.07) is 21.2. The molecule has 1 N–H and O–H groups in total. The molecule has 0 saturated carbocycles. The van der Waals surface area contributed by atoms with Gasteiger partial charge in [0.05, 0.1) is 20.8 Å². The van der Waals surface area contributed by atoms with Gasteiger partial charge in [0, 0.05) is 24.6 Å². The fraction of sp³-hybridized carbons (Fsp3) is 0.280. The molecule has 4 heteroatoms. The lowest BCUT2D eigenvalue weighted by Crippen LogP contribution is -2.18. The molecule has 1 aliphatic heterocycles. The highest BCUT2D eigenvalue weighted by atomic mass is 16.5. The molecule has 3 aromatic carbocycles. The highest BCUT2D eigenvalue weighted by Gasteiger charge is 2.15. The lowest BCUT2D eigenvalue weighted by molar-refractivity contribution is 0.357. The third-order valence-corrected chi connectivity index (χ3v) is 5.47. The molecule has 4 rings (SSSR count). The SMILES string of the molecule is COc1cccc(C(C)NCc2ccc(OC)c(-c3ccc4c(c3)CCO4)c2)c1. The highest BCUT2D eigenvalue weighted by molar-refractivity contribution is 5.73. The first-order valence-corrected chi connectivity index (χ1v) is 9.98. The summed E-state index contributed by atoms with van der Waals surface area (Å²) in [6.07, 6.45) is 0.963. The topological polar surface area (TPSA) is 39.7 Å². The van der Waals surface area contributed by atoms with Gasteiger partial charge in [0.1, 0.15) is 17.2 Å². The van der Waals surface area contributed by atoms with Gasteiger partial charge in [-0.25, -0.2) is 0 Å². The first-order valence-electron chi connectivity index (χ1n) is 9.98. The second-order valence-corrected chi connectivity index (χ2v) is 7.33. The number of fused-ring (bicyclic) bond motifs is 1. The van der Waals surface area contributed by atoms with Crippen LogP contribution in [0.1, 0.15) is 29.7 Å². The van der Waals surface area contributed by atoms with Crippen molar-refractivity contribution in [1.29, 1.82) is 0 Å². The quantitative estimate of drug-likeness (QED) is 0.606. The first kappa shape index (κ1) is 19.3. The van der Waals surface area contributed by atoms with Crippen molar-refractivity contribution in [2.45, 2.75) is 25.9 Å². The normalized spacial score (nSPS) is 13.5. The zero-order chi connectivity index (χ0) is 20.2. The molecule has 0 spiro atoms. The van der Waals surface area contributed by atoms with Crippen LogP contribution in [0.15, 0.2) is 60.7 Å². The third-order valence-electron chi connectivity index (χ3n) is 5.47. The number of methoxy groups -OCH3 is 2. The van der Waals surface area contributed by atoms with Gasteiger partial charge in [0.2, 0.25) is 0 Å². The molecule has 1 unspecified atom stereocenters. The highest BCUT2D eigenvalue weighted by Crippen LogP contribution is 2.35. The van der Waals surface area contributed by atoms with Gasteiger partial charge in [-0.1, -0.05) is 24.3 Å². The van der Waals surface area contributed by atoms with Crippen molar-refractivity contribution in [3.8, 4) is 28.4 Å². The molecule has 0 amide bonds. The Balaban J connectivity index is 1.53. The van der Waals surface area contributed by atoms with Crippen molar-refractivity contribution in [1.82, 2.24) is 5.32 Å². The summed E-state index contributed by atoms with van der Waals surface area (Å²) in [4.78, 5) is 0. The van der Waals surface area contributed by atoms with Gasteiger partial charge in [0.15, 0.2) is 0 Å². The van der Waals surface area contributed by atoms with Crippen LogP contribution in [-0.2, 0) is 13.0 Å². The van der Waals surface area contributed by atoms with Crippen molar-refractivity contribution in [3.63, 3.8) is 0 Å². The van der Waals surface area contributed by atoms with Crippen molar-refractivity contribution in [3.05, 3.63) is 77.4 Å². The van der Waals surface area contributed by atoms with Gasteiger partial charge in [-0.15, -0.1) is 0 Å². The van der Waals surface area contributed by atoms with Crippen LogP contribution in [0.25, 0.3) is 11.1 Å². The fourth-order valence-corrected chi connectivity index (χ4v) is 3.74. The fourth-order valence-electron chi connectivity index (χ4n) is 3.74. The summed E-state index contributed by atoms with van der Waals surface area (Å²) in [5, 5.41) is 3.61. The molecule has 3 aromatic rings. The van der Waals surface area contributed by atoms with Crippen molar-refractivity contribution < 1.29 is 14.2 Å². The molecule has 1 aliphatic rings. The zero-order valence-electron chi connectivity index (χ0n) is 17.2. The molecule has 0 bridgehead atoms. The summed E-state index contributed by atoms with van der Waals surface area (Å²) in [5.41, 5.74) is 5.95. The lowest BCUT2D eigenvalue weighted by Gasteiger charge is -2.17. The minimum absolute atomic E-state index is 0.216. The second-order valence-electron chi connectivity index (χ2n) is 7.33. The van der Waals surface area contributed by atoms with Gasteiger partial charge in [-0.05, 0) is 65.6 Å². The summed E-state index contributed by atoms with van der Waals surface area (Å²) in [6.45, 7) is 3.70. The Bertz CT molecular complexity index is 999. The maximum Gasteiger partial charge on any atom is 0.126 e. The van der Waals surface area contributed by atoms with E-state index < -0.39 is 0 Å². The molecule has 1 heterocycles. The Morgan fingerprint density at radius 1 is 1.00 bits per heavy atom. The standard InChI is InChI=1S/C25H27NO3/c1-17(19-5-4-6-22(15-19)27-2)26-16-18-7-9-25(28-3)23(13-18)20-8-10-24-21(14-20)11-12-29-24/h4-10,13-15,17,26H,11-12,16H2,1-3H3. The molecule has 0 radical (unpaired) electrons. The van der Waals surface area contributed by atoms with E-state index in [4.69, 9.17) is 14.2 Å². The molecule has 4 nitrogen and oxygen atoms in total. The Labute approximate surface area is 172 Å². The average molecular weight is 389 g/mol. The molecule has 150 valence electrons. The lowest BCUT2D eigenvalue weighted by atomic mass is 9.99. The van der Waals surface area contributed by atoms with E-state index in [0.717, 1.165) is 47.9 Å². The number of benzene rings is 3. The van der Waals surface area contributed by atoms with E-state index in [-0.39, 0.29) is 6.04 Å². The molecule has 0 aliphatic carbocycles. The number of rotatable bonds is 7. The van der Waals surface area contributed by atoms with Crippen LogP contribution in [0.3, 0.4) is 0 Å². The van der Waals surface area contributed by atoms with Crippen LogP contribution in [0.2, 0.25) is 0 Å². The van der Waals surface area contributed by atoms with Crippen LogP contribution < -0.4 is 19.5 Å². The first-order chi connectivity index (χ1) is 14.2. The monoisotopic (exact) mass is 389 g/mol. The van der Waals surface area contributed by atoms with Gasteiger partial charge >= 0.3 is 0 Å². The minimum atomic E-state index is 0.216. The molecular formula is C25H27NO3. The van der Waals surface area contributed by atoms with Gasteiger partial charge in [-0.2, -0.15) is 0 Å². The van der Waals surface area contributed by atoms with E-state index in [1.165, 1.54) is 16.7 Å². The van der Waals surface area contributed by atoms with E-state index in [1.54, 1.807) is 14.2 Å². The number of hydrogen-bond acceptors (Lipinski definition) is 4. The number of nitrogens with one attached hydrogen (secondary N) is 1. The molecule has 0 aromatic heterocycles. The van der Waals surface area contributed by atoms with Crippen molar-refractivity contribution in [2.75, 3.05) is 20.8 Å². The Hall–Kier alpha value is -2.98. The Morgan fingerprint density at radius 2 is 1.90 bits per heavy atom.